The monoisotopic (exact) mass is 277 g/mol. The van der Waals surface area contributed by atoms with E-state index >= 15 is 0 Å². The summed E-state index contributed by atoms with van der Waals surface area (Å²) < 4.78 is 1.64. The predicted octanol–water partition coefficient (Wildman–Crippen LogP) is 2.40. The molecule has 100 valence electrons. The van der Waals surface area contributed by atoms with Gasteiger partial charge in [0.1, 0.15) is 0 Å². The number of nitrogens with zero attached hydrogens (tertiary/aromatic N) is 2. The van der Waals surface area contributed by atoms with E-state index in [2.05, 4.69) is 10.4 Å². The van der Waals surface area contributed by atoms with Gasteiger partial charge in [-0.1, -0.05) is 24.3 Å². The topological polar surface area (TPSA) is 46.9 Å². The molecule has 1 amide bonds. The highest BCUT2D eigenvalue weighted by Gasteiger charge is 2.11. The molecule has 1 aromatic heterocycles. The van der Waals surface area contributed by atoms with E-state index in [1.807, 2.05) is 31.2 Å². The predicted molar refractivity (Wildman–Crippen MR) is 75.1 cm³/mol. The fourth-order valence-corrected chi connectivity index (χ4v) is 2.09. The Morgan fingerprint density at radius 3 is 2.79 bits per heavy atom. The molecule has 0 atom stereocenters. The number of hydrogen-bond acceptors (Lipinski definition) is 2. The van der Waals surface area contributed by atoms with Crippen LogP contribution in [0.4, 0.5) is 0 Å². The zero-order valence-corrected chi connectivity index (χ0v) is 11.7. The Bertz CT molecular complexity index is 592. The first kappa shape index (κ1) is 13.6. The zero-order chi connectivity index (χ0) is 13.8. The summed E-state index contributed by atoms with van der Waals surface area (Å²) >= 11 is 5.78. The van der Waals surface area contributed by atoms with Gasteiger partial charge in [0.2, 0.25) is 0 Å². The smallest absolute Gasteiger partial charge is 0.255 e. The van der Waals surface area contributed by atoms with Crippen LogP contribution in [0.2, 0.25) is 0 Å². The van der Waals surface area contributed by atoms with Crippen LogP contribution in [-0.2, 0) is 19.5 Å². The largest absolute Gasteiger partial charge is 0.348 e. The molecule has 0 aliphatic rings. The van der Waals surface area contributed by atoms with Crippen molar-refractivity contribution in [2.24, 2.45) is 7.05 Å². The first-order valence-corrected chi connectivity index (χ1v) is 6.56. The summed E-state index contributed by atoms with van der Waals surface area (Å²) in [5, 5.41) is 7.04. The van der Waals surface area contributed by atoms with Gasteiger partial charge in [0.25, 0.3) is 5.91 Å². The first-order valence-electron chi connectivity index (χ1n) is 6.02. The van der Waals surface area contributed by atoms with E-state index in [1.165, 1.54) is 0 Å². The SMILES string of the molecule is Cc1nn(C)cc1C(=O)NCc1cccc(CCl)c1. The van der Waals surface area contributed by atoms with Crippen LogP contribution in [0.15, 0.2) is 30.5 Å². The normalized spacial score (nSPS) is 10.5. The van der Waals surface area contributed by atoms with Crippen molar-refractivity contribution in [3.63, 3.8) is 0 Å². The number of halogens is 1. The Hall–Kier alpha value is -1.81. The highest BCUT2D eigenvalue weighted by Crippen LogP contribution is 2.09. The number of amides is 1. The van der Waals surface area contributed by atoms with Gasteiger partial charge < -0.3 is 5.32 Å². The van der Waals surface area contributed by atoms with E-state index < -0.39 is 0 Å². The van der Waals surface area contributed by atoms with Crippen molar-refractivity contribution in [2.45, 2.75) is 19.3 Å². The van der Waals surface area contributed by atoms with Gasteiger partial charge in [-0.25, -0.2) is 0 Å². The molecule has 0 fully saturated rings. The second-order valence-corrected chi connectivity index (χ2v) is 4.71. The van der Waals surface area contributed by atoms with Gasteiger partial charge in [-0.05, 0) is 18.1 Å². The number of hydrogen-bond donors (Lipinski definition) is 1. The summed E-state index contributed by atoms with van der Waals surface area (Å²) in [4.78, 5) is 12.0. The van der Waals surface area contributed by atoms with Crippen molar-refractivity contribution in [3.05, 3.63) is 52.8 Å². The Labute approximate surface area is 117 Å². The van der Waals surface area contributed by atoms with Gasteiger partial charge >= 0.3 is 0 Å². The molecule has 2 rings (SSSR count). The zero-order valence-electron chi connectivity index (χ0n) is 11.0. The van der Waals surface area contributed by atoms with E-state index in [4.69, 9.17) is 11.6 Å². The van der Waals surface area contributed by atoms with Gasteiger partial charge in [0.15, 0.2) is 0 Å². The number of carbonyl (C=O) groups is 1. The standard InChI is InChI=1S/C14H16ClN3O/c1-10-13(9-18(2)17-10)14(19)16-8-12-5-3-4-11(6-12)7-15/h3-6,9H,7-8H2,1-2H3,(H,16,19). The van der Waals surface area contributed by atoms with Crippen molar-refractivity contribution >= 4 is 17.5 Å². The Balaban J connectivity index is 2.02. The van der Waals surface area contributed by atoms with E-state index in [-0.39, 0.29) is 5.91 Å². The molecule has 4 nitrogen and oxygen atoms in total. The Morgan fingerprint density at radius 2 is 2.16 bits per heavy atom. The molecule has 0 radical (unpaired) electrons. The van der Waals surface area contributed by atoms with Gasteiger partial charge in [0, 0.05) is 25.7 Å². The molecule has 0 saturated carbocycles. The molecule has 0 aliphatic carbocycles. The van der Waals surface area contributed by atoms with Crippen molar-refractivity contribution in [1.29, 1.82) is 0 Å². The van der Waals surface area contributed by atoms with E-state index in [1.54, 1.807) is 17.9 Å². The van der Waals surface area contributed by atoms with Crippen molar-refractivity contribution in [3.8, 4) is 0 Å². The molecule has 0 aliphatic heterocycles. The van der Waals surface area contributed by atoms with Gasteiger partial charge in [-0.2, -0.15) is 5.10 Å². The number of benzene rings is 1. The van der Waals surface area contributed by atoms with Gasteiger partial charge in [-0.3, -0.25) is 9.48 Å². The number of aromatic nitrogens is 2. The molecule has 1 aromatic carbocycles. The maximum Gasteiger partial charge on any atom is 0.255 e. The van der Waals surface area contributed by atoms with Gasteiger partial charge in [0.05, 0.1) is 11.3 Å². The summed E-state index contributed by atoms with van der Waals surface area (Å²) in [5.41, 5.74) is 3.42. The minimum atomic E-state index is -0.109. The second kappa shape index (κ2) is 5.89. The minimum Gasteiger partial charge on any atom is -0.348 e. The number of alkyl halides is 1. The minimum absolute atomic E-state index is 0.109. The third-order valence-electron chi connectivity index (χ3n) is 2.86. The second-order valence-electron chi connectivity index (χ2n) is 4.44. The Morgan fingerprint density at radius 1 is 1.42 bits per heavy atom. The van der Waals surface area contributed by atoms with Gasteiger partial charge in [-0.15, -0.1) is 11.6 Å². The number of carbonyl (C=O) groups excluding carboxylic acids is 1. The molecule has 0 bridgehead atoms. The average Bonchev–Trinajstić information content (AvgIpc) is 2.75. The average molecular weight is 278 g/mol. The van der Waals surface area contributed by atoms with Crippen LogP contribution in [0.25, 0.3) is 0 Å². The molecule has 2 aromatic rings. The highest BCUT2D eigenvalue weighted by molar-refractivity contribution is 6.17. The van der Waals surface area contributed by atoms with Crippen LogP contribution in [0, 0.1) is 6.92 Å². The number of rotatable bonds is 4. The van der Waals surface area contributed by atoms with Crippen LogP contribution in [0.1, 0.15) is 27.2 Å². The van der Waals surface area contributed by atoms with Crippen LogP contribution in [0.5, 0.6) is 0 Å². The third-order valence-corrected chi connectivity index (χ3v) is 3.17. The maximum atomic E-state index is 12.0. The molecule has 19 heavy (non-hydrogen) atoms. The lowest BCUT2D eigenvalue weighted by Gasteiger charge is -2.05. The van der Waals surface area contributed by atoms with Crippen molar-refractivity contribution in [2.75, 3.05) is 0 Å². The molecule has 5 heteroatoms. The molecular formula is C14H16ClN3O. The van der Waals surface area contributed by atoms with Crippen LogP contribution < -0.4 is 5.32 Å². The third kappa shape index (κ3) is 3.35. The van der Waals surface area contributed by atoms with Crippen LogP contribution in [-0.4, -0.2) is 15.7 Å². The van der Waals surface area contributed by atoms with Crippen LogP contribution in [0.3, 0.4) is 0 Å². The molecule has 0 unspecified atom stereocenters. The summed E-state index contributed by atoms with van der Waals surface area (Å²) in [6.07, 6.45) is 1.72. The number of nitrogens with one attached hydrogen (secondary N) is 1. The summed E-state index contributed by atoms with van der Waals surface area (Å²) in [6.45, 7) is 2.31. The quantitative estimate of drug-likeness (QED) is 0.873. The summed E-state index contributed by atoms with van der Waals surface area (Å²) in [6, 6.07) is 7.86. The van der Waals surface area contributed by atoms with E-state index in [0.717, 1.165) is 16.8 Å². The van der Waals surface area contributed by atoms with Crippen molar-refractivity contribution < 1.29 is 4.79 Å². The molecule has 0 spiro atoms. The fraction of sp³-hybridized carbons (Fsp3) is 0.286. The fourth-order valence-electron chi connectivity index (χ4n) is 1.92. The summed E-state index contributed by atoms with van der Waals surface area (Å²) in [7, 11) is 1.80. The molecule has 0 saturated heterocycles. The van der Waals surface area contributed by atoms with E-state index in [9.17, 15) is 4.79 Å². The lowest BCUT2D eigenvalue weighted by molar-refractivity contribution is 0.0950. The Kier molecular flexibility index (Phi) is 4.22. The highest BCUT2D eigenvalue weighted by atomic mass is 35.5. The molecular weight excluding hydrogens is 262 g/mol. The summed E-state index contributed by atoms with van der Waals surface area (Å²) in [5.74, 6) is 0.366. The van der Waals surface area contributed by atoms with Crippen molar-refractivity contribution in [1.82, 2.24) is 15.1 Å². The molecule has 1 N–H and O–H groups in total. The number of aryl methyl sites for hydroxylation is 2. The van der Waals surface area contributed by atoms with E-state index in [0.29, 0.717) is 18.0 Å². The molecule has 1 heterocycles. The van der Waals surface area contributed by atoms with Crippen LogP contribution >= 0.6 is 11.6 Å². The lowest BCUT2D eigenvalue weighted by Crippen LogP contribution is -2.23. The lowest BCUT2D eigenvalue weighted by atomic mass is 10.1. The maximum absolute atomic E-state index is 12.0. The first-order chi connectivity index (χ1) is 9.10.